The molecule has 0 atom stereocenters. The van der Waals surface area contributed by atoms with E-state index in [2.05, 4.69) is 0 Å². The van der Waals surface area contributed by atoms with Crippen molar-refractivity contribution < 1.29 is 9.59 Å². The van der Waals surface area contributed by atoms with Crippen molar-refractivity contribution in [1.29, 1.82) is 0 Å². The molecule has 0 heterocycles. The Morgan fingerprint density at radius 2 is 0.947 bits per heavy atom. The number of Topliss-reactive ketones (excluding diaryl/α,β-unsaturated/α-hetero) is 2. The molecule has 0 radical (unpaired) electrons. The van der Waals surface area contributed by atoms with E-state index in [1.807, 2.05) is 36.4 Å². The van der Waals surface area contributed by atoms with Crippen LogP contribution < -0.4 is 0 Å². The zero-order valence-electron chi connectivity index (χ0n) is 10.9. The van der Waals surface area contributed by atoms with Crippen LogP contribution in [0.2, 0.25) is 0 Å². The molecule has 94 valence electrons. The van der Waals surface area contributed by atoms with Crippen LogP contribution in [0.4, 0.5) is 0 Å². The van der Waals surface area contributed by atoms with Crippen molar-refractivity contribution in [1.82, 2.24) is 0 Å². The number of carbonyl (C=O) groups is 2. The number of carbonyl (C=O) groups excluding carboxylic acids is 2. The van der Waals surface area contributed by atoms with Crippen LogP contribution in [0.5, 0.6) is 0 Å². The average Bonchev–Trinajstić information content (AvgIpc) is 2.50. The third-order valence-corrected chi connectivity index (χ3v) is 3.77. The second-order valence-electron chi connectivity index (χ2n) is 5.37. The lowest BCUT2D eigenvalue weighted by molar-refractivity contribution is 0.0715. The van der Waals surface area contributed by atoms with Gasteiger partial charge in [-0.1, -0.05) is 48.5 Å². The first-order valence-corrected chi connectivity index (χ1v) is 6.31. The van der Waals surface area contributed by atoms with Crippen LogP contribution in [0, 0.1) is 5.41 Å². The van der Waals surface area contributed by atoms with E-state index in [-0.39, 0.29) is 11.6 Å². The third kappa shape index (κ3) is 1.56. The minimum Gasteiger partial charge on any atom is -0.293 e. The highest BCUT2D eigenvalue weighted by Crippen LogP contribution is 2.39. The van der Waals surface area contributed by atoms with Gasteiger partial charge in [0.2, 0.25) is 0 Å². The summed E-state index contributed by atoms with van der Waals surface area (Å²) in [5.74, 6) is -0.214. The maximum atomic E-state index is 12.6. The van der Waals surface area contributed by atoms with Gasteiger partial charge in [0.1, 0.15) is 0 Å². The summed E-state index contributed by atoms with van der Waals surface area (Å²) in [5, 5.41) is 0. The van der Waals surface area contributed by atoms with Crippen LogP contribution >= 0.6 is 0 Å². The van der Waals surface area contributed by atoms with E-state index < -0.39 is 5.41 Å². The third-order valence-electron chi connectivity index (χ3n) is 3.77. The standard InChI is InChI=1S/C17H14O2/c1-17(2)15(18)13-9-5-3-7-11(13)12-8-4-6-10-14(12)16(17)19/h3-10H,1-2H3. The van der Waals surface area contributed by atoms with Crippen LogP contribution in [0.15, 0.2) is 48.5 Å². The zero-order chi connectivity index (χ0) is 13.6. The number of rotatable bonds is 0. The van der Waals surface area contributed by atoms with E-state index in [1.54, 1.807) is 26.0 Å². The Hall–Kier alpha value is -2.22. The number of hydrogen-bond donors (Lipinski definition) is 0. The largest absolute Gasteiger partial charge is 0.293 e. The molecule has 2 aromatic carbocycles. The summed E-state index contributed by atoms with van der Waals surface area (Å²) in [5.41, 5.74) is 1.95. The molecule has 0 aromatic heterocycles. The molecule has 0 amide bonds. The second kappa shape index (κ2) is 3.89. The van der Waals surface area contributed by atoms with Crippen molar-refractivity contribution in [3.63, 3.8) is 0 Å². The first-order chi connectivity index (χ1) is 9.03. The summed E-state index contributed by atoms with van der Waals surface area (Å²) >= 11 is 0. The van der Waals surface area contributed by atoms with E-state index >= 15 is 0 Å². The molecule has 19 heavy (non-hydrogen) atoms. The SMILES string of the molecule is CC1(C)C(=O)c2ccccc2-c2ccccc2C1=O. The monoisotopic (exact) mass is 250 g/mol. The zero-order valence-corrected chi connectivity index (χ0v) is 10.9. The van der Waals surface area contributed by atoms with Crippen LogP contribution in [-0.2, 0) is 0 Å². The van der Waals surface area contributed by atoms with Gasteiger partial charge in [-0.2, -0.15) is 0 Å². The number of ketones is 2. The van der Waals surface area contributed by atoms with Crippen molar-refractivity contribution in [3.05, 3.63) is 59.7 Å². The van der Waals surface area contributed by atoms with Crippen LogP contribution in [0.3, 0.4) is 0 Å². The highest BCUT2D eigenvalue weighted by molar-refractivity contribution is 6.25. The molecule has 0 saturated heterocycles. The molecular weight excluding hydrogens is 236 g/mol. The van der Waals surface area contributed by atoms with E-state index in [9.17, 15) is 9.59 Å². The van der Waals surface area contributed by atoms with E-state index in [4.69, 9.17) is 0 Å². The normalized spacial score (nSPS) is 16.5. The van der Waals surface area contributed by atoms with Crippen LogP contribution in [0.1, 0.15) is 34.6 Å². The second-order valence-corrected chi connectivity index (χ2v) is 5.37. The first kappa shape index (κ1) is 11.8. The Balaban J connectivity index is 2.44. The summed E-state index contributed by atoms with van der Waals surface area (Å²) in [4.78, 5) is 25.2. The average molecular weight is 250 g/mol. The molecule has 2 nitrogen and oxygen atoms in total. The Labute approximate surface area is 112 Å². The molecule has 1 aliphatic carbocycles. The van der Waals surface area contributed by atoms with Gasteiger partial charge in [-0.3, -0.25) is 9.59 Å². The van der Waals surface area contributed by atoms with Gasteiger partial charge in [0.15, 0.2) is 11.6 Å². The van der Waals surface area contributed by atoms with Crippen molar-refractivity contribution in [2.24, 2.45) is 5.41 Å². The summed E-state index contributed by atoms with van der Waals surface area (Å²) < 4.78 is 0. The number of fused-ring (bicyclic) bond motifs is 3. The van der Waals surface area contributed by atoms with Crippen LogP contribution in [-0.4, -0.2) is 11.6 Å². The molecule has 0 spiro atoms. The molecule has 3 rings (SSSR count). The van der Waals surface area contributed by atoms with Gasteiger partial charge >= 0.3 is 0 Å². The lowest BCUT2D eigenvalue weighted by Gasteiger charge is -2.19. The van der Waals surface area contributed by atoms with Gasteiger partial charge in [0.05, 0.1) is 5.41 Å². The van der Waals surface area contributed by atoms with Gasteiger partial charge < -0.3 is 0 Å². The van der Waals surface area contributed by atoms with Gasteiger partial charge in [0, 0.05) is 11.1 Å². The maximum absolute atomic E-state index is 12.6. The van der Waals surface area contributed by atoms with Crippen LogP contribution in [0.25, 0.3) is 11.1 Å². The van der Waals surface area contributed by atoms with Crippen molar-refractivity contribution in [2.75, 3.05) is 0 Å². The number of hydrogen-bond acceptors (Lipinski definition) is 2. The predicted octanol–water partition coefficient (Wildman–Crippen LogP) is 3.76. The van der Waals surface area contributed by atoms with Crippen molar-refractivity contribution >= 4 is 11.6 Å². The summed E-state index contributed by atoms with van der Waals surface area (Å²) in [6.07, 6.45) is 0. The minimum atomic E-state index is -1.01. The molecule has 0 aliphatic heterocycles. The maximum Gasteiger partial charge on any atom is 0.176 e. The molecule has 0 saturated carbocycles. The fourth-order valence-electron chi connectivity index (χ4n) is 2.61. The predicted molar refractivity (Wildman–Crippen MR) is 74.3 cm³/mol. The van der Waals surface area contributed by atoms with Crippen molar-refractivity contribution in [2.45, 2.75) is 13.8 Å². The van der Waals surface area contributed by atoms with E-state index in [0.29, 0.717) is 11.1 Å². The first-order valence-electron chi connectivity index (χ1n) is 6.31. The minimum absolute atomic E-state index is 0.107. The Morgan fingerprint density at radius 3 is 1.32 bits per heavy atom. The molecular formula is C17H14O2. The lowest BCUT2D eigenvalue weighted by atomic mass is 9.79. The Bertz CT molecular complexity index is 636. The van der Waals surface area contributed by atoms with Gasteiger partial charge in [-0.05, 0) is 25.0 Å². The molecule has 1 aliphatic rings. The van der Waals surface area contributed by atoms with E-state index in [1.165, 1.54) is 0 Å². The van der Waals surface area contributed by atoms with Gasteiger partial charge in [0.25, 0.3) is 0 Å². The molecule has 2 aromatic rings. The quantitative estimate of drug-likeness (QED) is 0.667. The number of benzene rings is 2. The van der Waals surface area contributed by atoms with Gasteiger partial charge in [-0.15, -0.1) is 0 Å². The van der Waals surface area contributed by atoms with Crippen molar-refractivity contribution in [3.8, 4) is 11.1 Å². The molecule has 0 N–H and O–H groups in total. The topological polar surface area (TPSA) is 34.1 Å². The highest BCUT2D eigenvalue weighted by Gasteiger charge is 2.41. The molecule has 0 unspecified atom stereocenters. The highest BCUT2D eigenvalue weighted by atomic mass is 16.2. The molecule has 0 fully saturated rings. The summed E-state index contributed by atoms with van der Waals surface area (Å²) in [6, 6.07) is 14.9. The Morgan fingerprint density at radius 1 is 0.632 bits per heavy atom. The smallest absolute Gasteiger partial charge is 0.176 e. The summed E-state index contributed by atoms with van der Waals surface area (Å²) in [6.45, 7) is 3.41. The fourth-order valence-corrected chi connectivity index (χ4v) is 2.61. The van der Waals surface area contributed by atoms with E-state index in [0.717, 1.165) is 11.1 Å². The Kier molecular flexibility index (Phi) is 2.42. The summed E-state index contributed by atoms with van der Waals surface area (Å²) in [7, 11) is 0. The lowest BCUT2D eigenvalue weighted by Crippen LogP contribution is -2.32. The fraction of sp³-hybridized carbons (Fsp3) is 0.176. The molecule has 0 bridgehead atoms. The van der Waals surface area contributed by atoms with Gasteiger partial charge in [-0.25, -0.2) is 0 Å². The molecule has 2 heteroatoms.